The lowest BCUT2D eigenvalue weighted by atomic mass is 9.86. The molecule has 28 heavy (non-hydrogen) atoms. The summed E-state index contributed by atoms with van der Waals surface area (Å²) in [5.74, 6) is 1.10. The largest absolute Gasteiger partial charge is 0.457 e. The van der Waals surface area contributed by atoms with Crippen LogP contribution in [0, 0.1) is 0 Å². The Morgan fingerprint density at radius 1 is 1.00 bits per heavy atom. The molecule has 0 saturated carbocycles. The van der Waals surface area contributed by atoms with Crippen LogP contribution in [0.25, 0.3) is 0 Å². The van der Waals surface area contributed by atoms with E-state index in [1.807, 2.05) is 65.6 Å². The van der Waals surface area contributed by atoms with E-state index in [0.29, 0.717) is 19.7 Å². The number of fused-ring (bicyclic) bond motifs is 2. The Kier molecular flexibility index (Phi) is 5.35. The van der Waals surface area contributed by atoms with Crippen LogP contribution in [0.3, 0.4) is 0 Å². The van der Waals surface area contributed by atoms with Gasteiger partial charge in [-0.1, -0.05) is 36.4 Å². The van der Waals surface area contributed by atoms with Gasteiger partial charge in [-0.15, -0.1) is 0 Å². The smallest absolute Gasteiger partial charge is 0.235 e. The summed E-state index contributed by atoms with van der Waals surface area (Å²) in [5.41, 5.74) is 2.82. The highest BCUT2D eigenvalue weighted by molar-refractivity contribution is 5.89. The number of para-hydroxylation sites is 2. The minimum absolute atomic E-state index is 0.0389. The number of benzene rings is 2. The van der Waals surface area contributed by atoms with Crippen molar-refractivity contribution in [2.24, 2.45) is 0 Å². The topological polar surface area (TPSA) is 51.7 Å². The molecule has 0 spiro atoms. The molecule has 4 rings (SSSR count). The van der Waals surface area contributed by atoms with Crippen molar-refractivity contribution in [2.75, 3.05) is 20.3 Å². The fourth-order valence-corrected chi connectivity index (χ4v) is 3.54. The van der Waals surface area contributed by atoms with Crippen molar-refractivity contribution in [3.63, 3.8) is 0 Å². The van der Waals surface area contributed by atoms with Gasteiger partial charge in [-0.25, -0.2) is 0 Å². The van der Waals surface area contributed by atoms with Gasteiger partial charge in [0.2, 0.25) is 5.91 Å². The zero-order chi connectivity index (χ0) is 19.3. The molecular weight excluding hydrogens is 352 g/mol. The number of rotatable bonds is 6. The second kappa shape index (κ2) is 8.23. The van der Waals surface area contributed by atoms with E-state index in [1.165, 1.54) is 0 Å². The van der Waals surface area contributed by atoms with E-state index in [4.69, 9.17) is 9.47 Å². The van der Waals surface area contributed by atoms with Crippen molar-refractivity contribution in [3.8, 4) is 11.5 Å². The first-order chi connectivity index (χ1) is 13.8. The third kappa shape index (κ3) is 3.62. The molecule has 0 atom stereocenters. The number of hydrogen-bond donors (Lipinski definition) is 0. The summed E-state index contributed by atoms with van der Waals surface area (Å²) in [7, 11) is 1.65. The summed E-state index contributed by atoms with van der Waals surface area (Å²) in [4.78, 5) is 19.6. The average Bonchev–Trinajstić information content (AvgIpc) is 2.75. The summed E-state index contributed by atoms with van der Waals surface area (Å²) >= 11 is 0. The summed E-state index contributed by atoms with van der Waals surface area (Å²) in [5, 5.41) is 0. The van der Waals surface area contributed by atoms with Gasteiger partial charge >= 0.3 is 0 Å². The number of ether oxygens (including phenoxy) is 2. The van der Waals surface area contributed by atoms with Gasteiger partial charge in [-0.3, -0.25) is 9.78 Å². The minimum atomic E-state index is -0.403. The van der Waals surface area contributed by atoms with Gasteiger partial charge in [0.15, 0.2) is 0 Å². The molecule has 0 aliphatic carbocycles. The second-order valence-corrected chi connectivity index (χ2v) is 6.72. The Morgan fingerprint density at radius 2 is 1.61 bits per heavy atom. The zero-order valence-corrected chi connectivity index (χ0v) is 15.7. The first kappa shape index (κ1) is 18.2. The Labute approximate surface area is 164 Å². The van der Waals surface area contributed by atoms with Crippen LogP contribution in [-0.4, -0.2) is 36.1 Å². The van der Waals surface area contributed by atoms with Crippen molar-refractivity contribution < 1.29 is 14.3 Å². The van der Waals surface area contributed by atoms with Gasteiger partial charge in [0.05, 0.1) is 12.5 Å². The fraction of sp³-hybridized carbons (Fsp3) is 0.217. The zero-order valence-electron chi connectivity index (χ0n) is 15.7. The molecular formula is C23H22N2O3. The highest BCUT2D eigenvalue weighted by Gasteiger charge is 2.35. The van der Waals surface area contributed by atoms with Crippen LogP contribution in [0.2, 0.25) is 0 Å². The van der Waals surface area contributed by atoms with Gasteiger partial charge in [0.25, 0.3) is 0 Å². The Bertz CT molecular complexity index is 913. The summed E-state index contributed by atoms with van der Waals surface area (Å²) in [6.45, 7) is 1.50. The van der Waals surface area contributed by atoms with Crippen molar-refractivity contribution in [1.29, 1.82) is 0 Å². The fourth-order valence-electron chi connectivity index (χ4n) is 3.54. The number of methoxy groups -OCH3 is 1. The molecule has 142 valence electrons. The molecule has 0 saturated heterocycles. The maximum atomic E-state index is 13.7. The Hall–Kier alpha value is -3.18. The maximum absolute atomic E-state index is 13.7. The quantitative estimate of drug-likeness (QED) is 0.655. The van der Waals surface area contributed by atoms with Crippen molar-refractivity contribution in [2.45, 2.75) is 12.5 Å². The van der Waals surface area contributed by atoms with Crippen LogP contribution < -0.4 is 4.74 Å². The molecule has 0 unspecified atom stereocenters. The van der Waals surface area contributed by atoms with Gasteiger partial charge in [0, 0.05) is 43.7 Å². The van der Waals surface area contributed by atoms with Crippen LogP contribution in [0.4, 0.5) is 0 Å². The molecule has 0 radical (unpaired) electrons. The first-order valence-corrected chi connectivity index (χ1v) is 9.30. The third-order valence-electron chi connectivity index (χ3n) is 4.93. The first-order valence-electron chi connectivity index (χ1n) is 9.30. The van der Waals surface area contributed by atoms with Crippen molar-refractivity contribution in [1.82, 2.24) is 9.88 Å². The normalized spacial score (nSPS) is 12.6. The molecule has 0 bridgehead atoms. The summed E-state index contributed by atoms with van der Waals surface area (Å²) in [6.07, 6.45) is 3.49. The molecule has 5 nitrogen and oxygen atoms in total. The molecule has 1 amide bonds. The molecule has 2 heterocycles. The van der Waals surface area contributed by atoms with Crippen molar-refractivity contribution in [3.05, 3.63) is 89.7 Å². The second-order valence-electron chi connectivity index (χ2n) is 6.72. The molecule has 0 fully saturated rings. The molecule has 1 aliphatic heterocycles. The van der Waals surface area contributed by atoms with Crippen LogP contribution in [0.5, 0.6) is 11.5 Å². The van der Waals surface area contributed by atoms with E-state index >= 15 is 0 Å². The highest BCUT2D eigenvalue weighted by atomic mass is 16.5. The standard InChI is InChI=1S/C23H22N2O3/c1-27-15-14-25(16-17-10-12-24-13-11-17)23(26)22-18-6-2-4-8-20(18)28-21-9-5-3-7-19(21)22/h2-13,22H,14-16H2,1H3. The Balaban J connectivity index is 1.72. The summed E-state index contributed by atoms with van der Waals surface area (Å²) < 4.78 is 11.3. The van der Waals surface area contributed by atoms with Crippen LogP contribution >= 0.6 is 0 Å². The molecule has 5 heteroatoms. The van der Waals surface area contributed by atoms with E-state index in [2.05, 4.69) is 4.98 Å². The molecule has 3 aromatic rings. The van der Waals surface area contributed by atoms with Crippen LogP contribution in [0.1, 0.15) is 22.6 Å². The lowest BCUT2D eigenvalue weighted by Crippen LogP contribution is -2.38. The van der Waals surface area contributed by atoms with Gasteiger partial charge in [-0.05, 0) is 29.8 Å². The third-order valence-corrected chi connectivity index (χ3v) is 4.93. The number of pyridine rings is 1. The molecule has 2 aromatic carbocycles. The Morgan fingerprint density at radius 3 is 2.21 bits per heavy atom. The van der Waals surface area contributed by atoms with E-state index in [9.17, 15) is 4.79 Å². The van der Waals surface area contributed by atoms with Gasteiger partial charge in [0.1, 0.15) is 11.5 Å². The number of carbonyl (C=O) groups excluding carboxylic acids is 1. The van der Waals surface area contributed by atoms with E-state index in [-0.39, 0.29) is 5.91 Å². The number of amides is 1. The molecule has 1 aromatic heterocycles. The van der Waals surface area contributed by atoms with Crippen LogP contribution in [-0.2, 0) is 16.1 Å². The van der Waals surface area contributed by atoms with Gasteiger partial charge in [-0.2, -0.15) is 0 Å². The lowest BCUT2D eigenvalue weighted by molar-refractivity contribution is -0.133. The summed E-state index contributed by atoms with van der Waals surface area (Å²) in [6, 6.07) is 19.3. The minimum Gasteiger partial charge on any atom is -0.457 e. The van der Waals surface area contributed by atoms with Crippen molar-refractivity contribution >= 4 is 5.91 Å². The van der Waals surface area contributed by atoms with Gasteiger partial charge < -0.3 is 14.4 Å². The molecule has 0 N–H and O–H groups in total. The maximum Gasteiger partial charge on any atom is 0.235 e. The predicted octanol–water partition coefficient (Wildman–Crippen LogP) is 3.99. The number of nitrogens with zero attached hydrogens (tertiary/aromatic N) is 2. The lowest BCUT2D eigenvalue weighted by Gasteiger charge is -2.32. The average molecular weight is 374 g/mol. The SMILES string of the molecule is COCCN(Cc1ccncc1)C(=O)C1c2ccccc2Oc2ccccc21. The van der Waals surface area contributed by atoms with Crippen LogP contribution in [0.15, 0.2) is 73.1 Å². The predicted molar refractivity (Wildman–Crippen MR) is 106 cm³/mol. The van der Waals surface area contributed by atoms with E-state index < -0.39 is 5.92 Å². The number of hydrogen-bond acceptors (Lipinski definition) is 4. The molecule has 1 aliphatic rings. The van der Waals surface area contributed by atoms with E-state index in [0.717, 1.165) is 28.2 Å². The number of aromatic nitrogens is 1. The number of carbonyl (C=O) groups is 1. The monoisotopic (exact) mass is 374 g/mol. The highest BCUT2D eigenvalue weighted by Crippen LogP contribution is 2.44. The van der Waals surface area contributed by atoms with E-state index in [1.54, 1.807) is 19.5 Å².